The molecule has 0 saturated carbocycles. The average Bonchev–Trinajstić information content (AvgIpc) is 2.76. The van der Waals surface area contributed by atoms with Gasteiger partial charge < -0.3 is 20.4 Å². The molecule has 0 aliphatic heterocycles. The number of hydrogen-bond acceptors (Lipinski definition) is 8. The third-order valence-electron chi connectivity index (χ3n) is 4.40. The number of aromatic carboxylic acids is 2. The van der Waals surface area contributed by atoms with Gasteiger partial charge in [0.05, 0.1) is 32.3 Å². The second-order valence-corrected chi connectivity index (χ2v) is 10.1. The second-order valence-electron chi connectivity index (χ2n) is 6.76. The lowest BCUT2D eigenvalue weighted by atomic mass is 10.2. The molecule has 0 fully saturated rings. The van der Waals surface area contributed by atoms with Crippen LogP contribution in [0.2, 0.25) is 0 Å². The van der Waals surface area contributed by atoms with E-state index in [9.17, 15) is 36.6 Å². The molecule has 0 amide bonds. The molecule has 0 spiro atoms. The highest BCUT2D eigenvalue weighted by molar-refractivity contribution is 7.93. The highest BCUT2D eigenvalue weighted by atomic mass is 32.2. The fourth-order valence-electron chi connectivity index (χ4n) is 2.72. The first-order valence-electron chi connectivity index (χ1n) is 9.08. The Morgan fingerprint density at radius 3 is 1.32 bits per heavy atom. The van der Waals surface area contributed by atoms with E-state index in [1.807, 2.05) is 9.44 Å². The summed E-state index contributed by atoms with van der Waals surface area (Å²) in [6.45, 7) is 0. The molecule has 178 valence electrons. The number of benzene rings is 3. The van der Waals surface area contributed by atoms with Gasteiger partial charge in [-0.3, -0.25) is 9.44 Å². The van der Waals surface area contributed by atoms with Crippen molar-refractivity contribution in [2.75, 3.05) is 9.44 Å². The second kappa shape index (κ2) is 8.92. The maximum atomic E-state index is 12.7. The molecule has 0 unspecified atom stereocenters. The fraction of sp³-hybridized carbons (Fsp3) is 0. The lowest BCUT2D eigenvalue weighted by molar-refractivity contribution is 0.0686. The normalized spacial score (nSPS) is 11.5. The first-order valence-corrected chi connectivity index (χ1v) is 12.0. The Balaban J connectivity index is 1.90. The molecule has 14 heteroatoms. The molecular formula is C20H16N2O10S2. The van der Waals surface area contributed by atoms with Crippen LogP contribution in [0.15, 0.2) is 70.5 Å². The number of phenols is 2. The van der Waals surface area contributed by atoms with E-state index in [-0.39, 0.29) is 22.5 Å². The summed E-state index contributed by atoms with van der Waals surface area (Å²) in [5.74, 6) is -3.99. The Morgan fingerprint density at radius 2 is 1.00 bits per heavy atom. The topological polar surface area (TPSA) is 207 Å². The van der Waals surface area contributed by atoms with E-state index in [4.69, 9.17) is 10.2 Å². The summed E-state index contributed by atoms with van der Waals surface area (Å²) in [6, 6.07) is 10.00. The van der Waals surface area contributed by atoms with Gasteiger partial charge in [-0.15, -0.1) is 0 Å². The highest BCUT2D eigenvalue weighted by Gasteiger charge is 2.22. The van der Waals surface area contributed by atoms with Gasteiger partial charge in [0.2, 0.25) is 0 Å². The Kier molecular flexibility index (Phi) is 6.38. The van der Waals surface area contributed by atoms with E-state index < -0.39 is 53.3 Å². The fourth-order valence-corrected chi connectivity index (χ4v) is 5.03. The number of carbonyl (C=O) groups is 2. The molecular weight excluding hydrogens is 492 g/mol. The van der Waals surface area contributed by atoms with Crippen molar-refractivity contribution < 1.29 is 46.9 Å². The van der Waals surface area contributed by atoms with Gasteiger partial charge in [-0.1, -0.05) is 6.07 Å². The number of carboxylic acid groups (broad SMARTS) is 2. The summed E-state index contributed by atoms with van der Waals surface area (Å²) in [6.07, 6.45) is 0. The maximum absolute atomic E-state index is 12.7. The number of nitrogens with one attached hydrogen (secondary N) is 2. The molecule has 0 saturated heterocycles. The maximum Gasteiger partial charge on any atom is 0.335 e. The molecule has 34 heavy (non-hydrogen) atoms. The predicted octanol–water partition coefficient (Wildman–Crippen LogP) is 2.10. The number of aromatic hydroxyl groups is 2. The van der Waals surface area contributed by atoms with Crippen LogP contribution < -0.4 is 9.44 Å². The minimum atomic E-state index is -4.41. The van der Waals surface area contributed by atoms with Gasteiger partial charge >= 0.3 is 11.9 Å². The smallest absolute Gasteiger partial charge is 0.335 e. The molecule has 0 aliphatic rings. The lowest BCUT2D eigenvalue weighted by Crippen LogP contribution is -2.16. The number of phenolic OH excluding ortho intramolecular Hbond substituents is 2. The van der Waals surface area contributed by atoms with Crippen molar-refractivity contribution in [2.24, 2.45) is 0 Å². The van der Waals surface area contributed by atoms with Gasteiger partial charge in [0, 0.05) is 0 Å². The average molecular weight is 508 g/mol. The summed E-state index contributed by atoms with van der Waals surface area (Å²) in [7, 11) is -8.82. The van der Waals surface area contributed by atoms with Crippen molar-refractivity contribution in [3.8, 4) is 11.5 Å². The molecule has 0 heterocycles. The minimum absolute atomic E-state index is 0.278. The summed E-state index contributed by atoms with van der Waals surface area (Å²) in [4.78, 5) is 20.9. The summed E-state index contributed by atoms with van der Waals surface area (Å²) < 4.78 is 54.9. The zero-order chi connectivity index (χ0) is 25.3. The Labute approximate surface area is 192 Å². The molecule has 0 bridgehead atoms. The van der Waals surface area contributed by atoms with Crippen molar-refractivity contribution >= 4 is 43.4 Å². The van der Waals surface area contributed by atoms with E-state index in [0.717, 1.165) is 60.7 Å². The number of sulfonamides is 2. The number of carboxylic acids is 2. The van der Waals surface area contributed by atoms with Crippen LogP contribution >= 0.6 is 0 Å². The summed E-state index contributed by atoms with van der Waals surface area (Å²) >= 11 is 0. The van der Waals surface area contributed by atoms with E-state index >= 15 is 0 Å². The van der Waals surface area contributed by atoms with E-state index in [0.29, 0.717) is 0 Å². The lowest BCUT2D eigenvalue weighted by Gasteiger charge is -2.13. The minimum Gasteiger partial charge on any atom is -0.506 e. The summed E-state index contributed by atoms with van der Waals surface area (Å²) in [5, 5.41) is 37.7. The molecule has 0 atom stereocenters. The quantitative estimate of drug-likeness (QED) is 0.244. The Bertz CT molecular complexity index is 1410. The molecule has 3 aromatic carbocycles. The van der Waals surface area contributed by atoms with Crippen LogP contribution in [0, 0.1) is 0 Å². The van der Waals surface area contributed by atoms with Crippen LogP contribution in [0.4, 0.5) is 11.4 Å². The zero-order valence-corrected chi connectivity index (χ0v) is 18.5. The van der Waals surface area contributed by atoms with E-state index in [1.165, 1.54) is 0 Å². The first-order chi connectivity index (χ1) is 15.8. The van der Waals surface area contributed by atoms with Crippen LogP contribution in [0.1, 0.15) is 20.7 Å². The van der Waals surface area contributed by atoms with Crippen molar-refractivity contribution in [1.82, 2.24) is 0 Å². The van der Waals surface area contributed by atoms with Crippen molar-refractivity contribution in [1.29, 1.82) is 0 Å². The van der Waals surface area contributed by atoms with Gasteiger partial charge in [0.25, 0.3) is 20.0 Å². The molecule has 0 aliphatic carbocycles. The molecule has 6 N–H and O–H groups in total. The molecule has 0 aromatic heterocycles. The van der Waals surface area contributed by atoms with Crippen LogP contribution in [-0.2, 0) is 20.0 Å². The van der Waals surface area contributed by atoms with Crippen LogP contribution in [0.25, 0.3) is 0 Å². The van der Waals surface area contributed by atoms with Gasteiger partial charge in [0.1, 0.15) is 11.5 Å². The van der Waals surface area contributed by atoms with Crippen LogP contribution in [-0.4, -0.2) is 49.2 Å². The molecule has 3 rings (SSSR count). The molecule has 0 radical (unpaired) electrons. The first kappa shape index (κ1) is 24.3. The van der Waals surface area contributed by atoms with E-state index in [2.05, 4.69) is 0 Å². The van der Waals surface area contributed by atoms with Gasteiger partial charge in [-0.05, 0) is 54.6 Å². The SMILES string of the molecule is O=C(O)c1ccc(NS(=O)(=O)c2cccc(S(=O)(=O)Nc3ccc(C(=O)O)cc3O)c2)c(O)c1. The van der Waals surface area contributed by atoms with Crippen molar-refractivity contribution in [2.45, 2.75) is 9.79 Å². The van der Waals surface area contributed by atoms with E-state index in [1.54, 1.807) is 0 Å². The largest absolute Gasteiger partial charge is 0.506 e. The van der Waals surface area contributed by atoms with Crippen LogP contribution in [0.5, 0.6) is 11.5 Å². The monoisotopic (exact) mass is 508 g/mol. The Hall–Kier alpha value is -4.30. The number of hydrogen-bond donors (Lipinski definition) is 6. The molecule has 12 nitrogen and oxygen atoms in total. The van der Waals surface area contributed by atoms with Crippen LogP contribution in [0.3, 0.4) is 0 Å². The highest BCUT2D eigenvalue weighted by Crippen LogP contribution is 2.29. The summed E-state index contributed by atoms with van der Waals surface area (Å²) in [5.41, 5.74) is -1.22. The number of rotatable bonds is 8. The van der Waals surface area contributed by atoms with Crippen molar-refractivity contribution in [3.05, 3.63) is 71.8 Å². The molecule has 3 aromatic rings. The number of anilines is 2. The van der Waals surface area contributed by atoms with Gasteiger partial charge in [-0.25, -0.2) is 26.4 Å². The zero-order valence-electron chi connectivity index (χ0n) is 16.8. The standard InChI is InChI=1S/C20H16N2O10S2/c23-17-8-11(19(25)26)4-6-15(17)21-33(29,30)13-2-1-3-14(10-13)34(31,32)22-16-7-5-12(20(27)28)9-18(16)24/h1-10,21-24H,(H,25,26)(H,27,28). The van der Waals surface area contributed by atoms with Gasteiger partial charge in [0.15, 0.2) is 0 Å². The van der Waals surface area contributed by atoms with Gasteiger partial charge in [-0.2, -0.15) is 0 Å². The third-order valence-corrected chi connectivity index (χ3v) is 7.13. The van der Waals surface area contributed by atoms with Crippen molar-refractivity contribution in [3.63, 3.8) is 0 Å². The third kappa shape index (κ3) is 5.19. The predicted molar refractivity (Wildman–Crippen MR) is 118 cm³/mol. The Morgan fingerprint density at radius 1 is 0.618 bits per heavy atom.